The van der Waals surface area contributed by atoms with Gasteiger partial charge in [-0.3, -0.25) is 0 Å². The van der Waals surface area contributed by atoms with Crippen molar-refractivity contribution in [1.29, 1.82) is 0 Å². The molecule has 1 aliphatic rings. The highest BCUT2D eigenvalue weighted by Crippen LogP contribution is 2.49. The van der Waals surface area contributed by atoms with Crippen LogP contribution in [0.25, 0.3) is 21.9 Å². The summed E-state index contributed by atoms with van der Waals surface area (Å²) < 4.78 is 27.1. The van der Waals surface area contributed by atoms with Gasteiger partial charge in [0.25, 0.3) is 0 Å². The topological polar surface area (TPSA) is 83.5 Å². The van der Waals surface area contributed by atoms with E-state index in [1.165, 1.54) is 7.11 Å². The molecule has 0 radical (unpaired) electrons. The molecule has 7 heteroatoms. The zero-order valence-corrected chi connectivity index (χ0v) is 16.5. The van der Waals surface area contributed by atoms with Gasteiger partial charge in [0, 0.05) is 16.5 Å². The standard InChI is InChI=1S/C22H20O7/c1-25-15-6-5-11(7-16(15)26-2)19-12-8-17(27-3)18(28-4)9-13(12)21-14(10-23)20(19)22(24)29-21/h5-9,23H,10H2,1-4H3. The number of esters is 1. The van der Waals surface area contributed by atoms with Gasteiger partial charge in [-0.2, -0.15) is 0 Å². The summed E-state index contributed by atoms with van der Waals surface area (Å²) in [4.78, 5) is 12.7. The highest BCUT2D eigenvalue weighted by atomic mass is 16.5. The highest BCUT2D eigenvalue weighted by molar-refractivity contribution is 6.17. The molecule has 0 aliphatic carbocycles. The first-order valence-corrected chi connectivity index (χ1v) is 8.87. The predicted molar refractivity (Wildman–Crippen MR) is 106 cm³/mol. The molecule has 4 rings (SSSR count). The average molecular weight is 396 g/mol. The molecule has 0 unspecified atom stereocenters. The second-order valence-electron chi connectivity index (χ2n) is 6.43. The molecule has 0 amide bonds. The fourth-order valence-electron chi connectivity index (χ4n) is 3.76. The lowest BCUT2D eigenvalue weighted by molar-refractivity contribution is 0.0757. The monoisotopic (exact) mass is 396 g/mol. The number of carbonyl (C=O) groups is 1. The number of hydrogen-bond donors (Lipinski definition) is 1. The van der Waals surface area contributed by atoms with Crippen molar-refractivity contribution >= 4 is 16.7 Å². The Labute approximate surface area is 167 Å². The van der Waals surface area contributed by atoms with E-state index in [0.717, 1.165) is 10.9 Å². The molecule has 29 heavy (non-hydrogen) atoms. The van der Waals surface area contributed by atoms with Crippen molar-refractivity contribution in [1.82, 2.24) is 0 Å². The first-order valence-electron chi connectivity index (χ1n) is 8.87. The maximum Gasteiger partial charge on any atom is 0.344 e. The van der Waals surface area contributed by atoms with Gasteiger partial charge in [0.1, 0.15) is 5.75 Å². The number of carbonyl (C=O) groups excluding carboxylic acids is 1. The quantitative estimate of drug-likeness (QED) is 0.638. The molecule has 0 saturated heterocycles. The first kappa shape index (κ1) is 18.9. The summed E-state index contributed by atoms with van der Waals surface area (Å²) in [5.41, 5.74) is 2.11. The van der Waals surface area contributed by atoms with E-state index < -0.39 is 5.97 Å². The number of rotatable bonds is 6. The minimum atomic E-state index is -0.511. The smallest absolute Gasteiger partial charge is 0.344 e. The minimum absolute atomic E-state index is 0.328. The van der Waals surface area contributed by atoms with Gasteiger partial charge >= 0.3 is 5.97 Å². The fraction of sp³-hybridized carbons (Fsp3) is 0.227. The van der Waals surface area contributed by atoms with Crippen molar-refractivity contribution in [2.75, 3.05) is 28.4 Å². The lowest BCUT2D eigenvalue weighted by Gasteiger charge is -2.16. The molecule has 0 aromatic heterocycles. The van der Waals surface area contributed by atoms with Crippen LogP contribution in [0.5, 0.6) is 28.7 Å². The summed E-state index contributed by atoms with van der Waals surface area (Å²) in [6.45, 7) is -0.332. The maximum atomic E-state index is 12.7. The summed E-state index contributed by atoms with van der Waals surface area (Å²) in [5, 5.41) is 11.3. The molecule has 2 bridgehead atoms. The van der Waals surface area contributed by atoms with E-state index in [0.29, 0.717) is 50.8 Å². The Morgan fingerprint density at radius 1 is 0.793 bits per heavy atom. The third kappa shape index (κ3) is 2.74. The Bertz CT molecular complexity index is 1130. The van der Waals surface area contributed by atoms with Crippen molar-refractivity contribution < 1.29 is 33.6 Å². The number of ether oxygens (including phenoxy) is 5. The van der Waals surface area contributed by atoms with Crippen LogP contribution >= 0.6 is 0 Å². The first-order chi connectivity index (χ1) is 14.1. The Kier molecular flexibility index (Phi) is 4.68. The van der Waals surface area contributed by atoms with Gasteiger partial charge in [-0.25, -0.2) is 4.79 Å². The van der Waals surface area contributed by atoms with Crippen LogP contribution in [0.3, 0.4) is 0 Å². The van der Waals surface area contributed by atoms with Crippen molar-refractivity contribution in [3.63, 3.8) is 0 Å². The van der Waals surface area contributed by atoms with Crippen LogP contribution in [0.15, 0.2) is 30.3 Å². The van der Waals surface area contributed by atoms with Crippen molar-refractivity contribution in [2.24, 2.45) is 0 Å². The van der Waals surface area contributed by atoms with Crippen LogP contribution in [0.2, 0.25) is 0 Å². The van der Waals surface area contributed by atoms with Gasteiger partial charge in [-0.05, 0) is 35.2 Å². The number of benzene rings is 3. The molecule has 3 aromatic carbocycles. The second kappa shape index (κ2) is 7.18. The molecule has 3 aromatic rings. The summed E-state index contributed by atoms with van der Waals surface area (Å²) in [6, 6.07) is 8.93. The second-order valence-corrected chi connectivity index (χ2v) is 6.43. The summed E-state index contributed by atoms with van der Waals surface area (Å²) in [7, 11) is 6.18. The number of fused-ring (bicyclic) bond motifs is 4. The van der Waals surface area contributed by atoms with E-state index in [-0.39, 0.29) is 6.61 Å². The molecule has 0 spiro atoms. The molecule has 7 nitrogen and oxygen atoms in total. The lowest BCUT2D eigenvalue weighted by Crippen LogP contribution is -2.03. The van der Waals surface area contributed by atoms with Crippen LogP contribution in [-0.2, 0) is 6.61 Å². The fourth-order valence-corrected chi connectivity index (χ4v) is 3.76. The molecule has 0 atom stereocenters. The molecule has 1 aliphatic heterocycles. The largest absolute Gasteiger partial charge is 0.493 e. The minimum Gasteiger partial charge on any atom is -0.493 e. The molecule has 1 N–H and O–H groups in total. The predicted octanol–water partition coefficient (Wildman–Crippen LogP) is 3.57. The van der Waals surface area contributed by atoms with E-state index >= 15 is 0 Å². The third-order valence-electron chi connectivity index (χ3n) is 5.09. The van der Waals surface area contributed by atoms with E-state index in [1.807, 2.05) is 6.07 Å². The Balaban J connectivity index is 2.13. The summed E-state index contributed by atoms with van der Waals surface area (Å²) in [5.74, 6) is 1.93. The van der Waals surface area contributed by atoms with Gasteiger partial charge < -0.3 is 28.8 Å². The van der Waals surface area contributed by atoms with Crippen LogP contribution in [0, 0.1) is 0 Å². The van der Waals surface area contributed by atoms with Crippen molar-refractivity contribution in [3.8, 4) is 39.9 Å². The van der Waals surface area contributed by atoms with Crippen molar-refractivity contribution in [2.45, 2.75) is 6.61 Å². The SMILES string of the molecule is COc1ccc(-c2c3c(CO)c(c4cc(OC)c(OC)cc24)OC3=O)cc1OC. The molecular formula is C22H20O7. The zero-order valence-electron chi connectivity index (χ0n) is 16.5. The molecule has 0 fully saturated rings. The van der Waals surface area contributed by atoms with Gasteiger partial charge in [0.05, 0.1) is 40.6 Å². The average Bonchev–Trinajstić information content (AvgIpc) is 3.03. The molecule has 1 heterocycles. The van der Waals surface area contributed by atoms with E-state index in [4.69, 9.17) is 23.7 Å². The Morgan fingerprint density at radius 2 is 1.38 bits per heavy atom. The zero-order chi connectivity index (χ0) is 20.7. The number of aliphatic hydroxyl groups is 1. The normalized spacial score (nSPS) is 12.1. The highest BCUT2D eigenvalue weighted by Gasteiger charge is 2.34. The van der Waals surface area contributed by atoms with Crippen LogP contribution in [0.1, 0.15) is 15.9 Å². The maximum absolute atomic E-state index is 12.7. The van der Waals surface area contributed by atoms with Gasteiger partial charge in [0.2, 0.25) is 0 Å². The Hall–Kier alpha value is -3.45. The van der Waals surface area contributed by atoms with Gasteiger partial charge in [-0.1, -0.05) is 6.07 Å². The van der Waals surface area contributed by atoms with E-state index in [9.17, 15) is 9.90 Å². The molecule has 150 valence electrons. The Morgan fingerprint density at radius 3 is 1.97 bits per heavy atom. The van der Waals surface area contributed by atoms with Crippen molar-refractivity contribution in [3.05, 3.63) is 41.5 Å². The molecule has 0 saturated carbocycles. The van der Waals surface area contributed by atoms with Gasteiger partial charge in [-0.15, -0.1) is 0 Å². The summed E-state index contributed by atoms with van der Waals surface area (Å²) >= 11 is 0. The molecular weight excluding hydrogens is 376 g/mol. The van der Waals surface area contributed by atoms with Crippen LogP contribution in [0.4, 0.5) is 0 Å². The number of hydrogen-bond acceptors (Lipinski definition) is 7. The number of methoxy groups -OCH3 is 4. The third-order valence-corrected chi connectivity index (χ3v) is 5.09. The van der Waals surface area contributed by atoms with Gasteiger partial charge in [0.15, 0.2) is 23.0 Å². The van der Waals surface area contributed by atoms with E-state index in [2.05, 4.69) is 0 Å². The van der Waals surface area contributed by atoms with Crippen LogP contribution < -0.4 is 23.7 Å². The van der Waals surface area contributed by atoms with Crippen LogP contribution in [-0.4, -0.2) is 39.5 Å². The lowest BCUT2D eigenvalue weighted by atomic mass is 9.90. The van der Waals surface area contributed by atoms with E-state index in [1.54, 1.807) is 45.6 Å². The number of aliphatic hydroxyl groups excluding tert-OH is 1. The summed E-state index contributed by atoms with van der Waals surface area (Å²) in [6.07, 6.45) is 0.